The number of benzene rings is 2. The second kappa shape index (κ2) is 9.07. The van der Waals surface area contributed by atoms with Crippen molar-refractivity contribution >= 4 is 16.8 Å². The van der Waals surface area contributed by atoms with E-state index in [1.54, 1.807) is 30.3 Å². The molecular weight excluding hydrogens is 413 g/mol. The van der Waals surface area contributed by atoms with Crippen molar-refractivity contribution in [2.75, 3.05) is 13.1 Å². The smallest absolute Gasteiger partial charge is 0.253 e. The first-order valence-corrected chi connectivity index (χ1v) is 11.5. The number of hydrogen-bond donors (Lipinski definition) is 0. The maximum atomic E-state index is 13.4. The van der Waals surface area contributed by atoms with Crippen molar-refractivity contribution in [3.8, 4) is 6.07 Å². The number of carbonyl (C=O) groups excluding carboxylic acids is 1. The van der Waals surface area contributed by atoms with Crippen LogP contribution in [-0.2, 0) is 6.54 Å². The number of halogens is 1. The highest BCUT2D eigenvalue weighted by atomic mass is 19.1. The Morgan fingerprint density at radius 2 is 1.85 bits per heavy atom. The molecule has 1 aliphatic carbocycles. The number of hydrogen-bond acceptors (Lipinski definition) is 2. The second-order valence-electron chi connectivity index (χ2n) is 8.87. The summed E-state index contributed by atoms with van der Waals surface area (Å²) in [6.45, 7) is 2.17. The lowest BCUT2D eigenvalue weighted by Gasteiger charge is -2.32. The molecule has 3 aromatic rings. The van der Waals surface area contributed by atoms with Crippen LogP contribution in [0, 0.1) is 11.3 Å². The molecule has 2 aliphatic rings. The van der Waals surface area contributed by atoms with E-state index in [4.69, 9.17) is 5.26 Å². The molecule has 1 aromatic heterocycles. The van der Waals surface area contributed by atoms with Crippen LogP contribution in [0.4, 0.5) is 4.39 Å². The quantitative estimate of drug-likeness (QED) is 0.519. The largest absolute Gasteiger partial charge is 0.343 e. The molecule has 166 valence electrons. The number of likely N-dealkylation sites (tertiary alicyclic amines) is 1. The molecule has 1 fully saturated rings. The third-order valence-corrected chi connectivity index (χ3v) is 6.78. The van der Waals surface area contributed by atoms with Crippen LogP contribution in [0.15, 0.2) is 78.5 Å². The summed E-state index contributed by atoms with van der Waals surface area (Å²) in [4.78, 5) is 14.8. The number of piperidine rings is 1. The van der Waals surface area contributed by atoms with Crippen LogP contribution in [0.25, 0.3) is 10.9 Å². The van der Waals surface area contributed by atoms with Gasteiger partial charge in [0.1, 0.15) is 6.17 Å². The van der Waals surface area contributed by atoms with Gasteiger partial charge in [0, 0.05) is 48.7 Å². The molecule has 1 saturated heterocycles. The number of aromatic nitrogens is 1. The number of nitrogens with zero attached hydrogens (tertiary/aromatic N) is 3. The Bertz CT molecular complexity index is 1270. The number of para-hydroxylation sites is 1. The number of fused-ring (bicyclic) bond motifs is 1. The van der Waals surface area contributed by atoms with Crippen molar-refractivity contribution in [2.24, 2.45) is 0 Å². The first kappa shape index (κ1) is 21.2. The molecule has 5 heteroatoms. The van der Waals surface area contributed by atoms with Gasteiger partial charge in [0.2, 0.25) is 0 Å². The van der Waals surface area contributed by atoms with Crippen LogP contribution >= 0.6 is 0 Å². The van der Waals surface area contributed by atoms with E-state index in [-0.39, 0.29) is 5.91 Å². The summed E-state index contributed by atoms with van der Waals surface area (Å²) in [5.74, 6) is 0.426. The van der Waals surface area contributed by atoms with Crippen molar-refractivity contribution in [1.82, 2.24) is 9.47 Å². The summed E-state index contributed by atoms with van der Waals surface area (Å²) in [5.41, 5.74) is 4.86. The second-order valence-corrected chi connectivity index (χ2v) is 8.87. The lowest BCUT2D eigenvalue weighted by Crippen LogP contribution is -2.37. The summed E-state index contributed by atoms with van der Waals surface area (Å²) in [7, 11) is 0. The lowest BCUT2D eigenvalue weighted by atomic mass is 9.89. The van der Waals surface area contributed by atoms with Crippen LogP contribution in [0.3, 0.4) is 0 Å². The van der Waals surface area contributed by atoms with Crippen molar-refractivity contribution in [3.05, 3.63) is 95.2 Å². The average Bonchev–Trinajstić information content (AvgIpc) is 3.23. The molecule has 0 radical (unpaired) electrons. The van der Waals surface area contributed by atoms with E-state index >= 15 is 0 Å². The summed E-state index contributed by atoms with van der Waals surface area (Å²) in [5, 5.41) is 10.2. The minimum absolute atomic E-state index is 0.0301. The zero-order valence-electron chi connectivity index (χ0n) is 18.5. The molecule has 1 atom stereocenters. The van der Waals surface area contributed by atoms with Gasteiger partial charge < -0.3 is 9.47 Å². The van der Waals surface area contributed by atoms with Crippen molar-refractivity contribution in [1.29, 1.82) is 5.26 Å². The fourth-order valence-corrected chi connectivity index (χ4v) is 4.95. The molecular formula is C28H26FN3O. The Balaban J connectivity index is 1.32. The third kappa shape index (κ3) is 4.34. The minimum atomic E-state index is -0.872. The zero-order valence-corrected chi connectivity index (χ0v) is 18.5. The van der Waals surface area contributed by atoms with Gasteiger partial charge >= 0.3 is 0 Å². The van der Waals surface area contributed by atoms with Crippen LogP contribution in [0.2, 0.25) is 0 Å². The Labute approximate surface area is 193 Å². The Morgan fingerprint density at radius 3 is 2.55 bits per heavy atom. The molecule has 4 nitrogen and oxygen atoms in total. The number of nitriles is 1. The molecule has 1 amide bonds. The molecule has 1 unspecified atom stereocenters. The maximum absolute atomic E-state index is 13.4. The first-order chi connectivity index (χ1) is 16.1. The molecule has 2 aromatic carbocycles. The summed E-state index contributed by atoms with van der Waals surface area (Å²) in [6.07, 6.45) is 9.20. The molecule has 0 saturated carbocycles. The zero-order chi connectivity index (χ0) is 22.8. The predicted octanol–water partition coefficient (Wildman–Crippen LogP) is 5.76. The summed E-state index contributed by atoms with van der Waals surface area (Å²) in [6, 6.07) is 17.4. The van der Waals surface area contributed by atoms with E-state index in [0.29, 0.717) is 23.5 Å². The van der Waals surface area contributed by atoms with E-state index < -0.39 is 6.17 Å². The molecule has 2 heterocycles. The van der Waals surface area contributed by atoms with Gasteiger partial charge in [0.15, 0.2) is 0 Å². The van der Waals surface area contributed by atoms with E-state index in [2.05, 4.69) is 41.1 Å². The lowest BCUT2D eigenvalue weighted by molar-refractivity contribution is 0.0713. The highest BCUT2D eigenvalue weighted by molar-refractivity contribution is 5.94. The van der Waals surface area contributed by atoms with Gasteiger partial charge in [-0.15, -0.1) is 0 Å². The van der Waals surface area contributed by atoms with Gasteiger partial charge in [0.25, 0.3) is 5.91 Å². The first-order valence-electron chi connectivity index (χ1n) is 11.5. The van der Waals surface area contributed by atoms with Crippen LogP contribution in [0.1, 0.15) is 46.7 Å². The Hall–Kier alpha value is -3.65. The predicted molar refractivity (Wildman–Crippen MR) is 128 cm³/mol. The van der Waals surface area contributed by atoms with Crippen molar-refractivity contribution in [2.45, 2.75) is 37.9 Å². The van der Waals surface area contributed by atoms with Gasteiger partial charge in [0.05, 0.1) is 11.6 Å². The molecule has 0 spiro atoms. The topological polar surface area (TPSA) is 49.0 Å². The molecule has 5 rings (SSSR count). The molecule has 33 heavy (non-hydrogen) atoms. The van der Waals surface area contributed by atoms with Gasteiger partial charge in [-0.3, -0.25) is 4.79 Å². The molecule has 1 aliphatic heterocycles. The van der Waals surface area contributed by atoms with E-state index in [9.17, 15) is 9.18 Å². The molecule has 0 bridgehead atoms. The van der Waals surface area contributed by atoms with Crippen LogP contribution in [0.5, 0.6) is 0 Å². The Kier molecular flexibility index (Phi) is 5.83. The fraction of sp³-hybridized carbons (Fsp3) is 0.286. The van der Waals surface area contributed by atoms with Gasteiger partial charge in [-0.2, -0.15) is 5.26 Å². The highest BCUT2D eigenvalue weighted by Crippen LogP contribution is 2.35. The maximum Gasteiger partial charge on any atom is 0.253 e. The minimum Gasteiger partial charge on any atom is -0.343 e. The number of allylic oxidation sites excluding steroid dienone is 4. The Morgan fingerprint density at radius 1 is 1.09 bits per heavy atom. The SMILES string of the molecule is N#Cc1ccc(C(=O)N2CCC(c3cn(CC4=CCC(F)C=C4)c4ccccc34)CC2)cc1. The van der Waals surface area contributed by atoms with Gasteiger partial charge in [-0.1, -0.05) is 36.4 Å². The number of amides is 1. The van der Waals surface area contributed by atoms with Crippen LogP contribution < -0.4 is 0 Å². The number of carbonyl (C=O) groups is 1. The van der Waals surface area contributed by atoms with Gasteiger partial charge in [-0.05, 0) is 60.2 Å². The summed E-state index contributed by atoms with van der Waals surface area (Å²) >= 11 is 0. The summed E-state index contributed by atoms with van der Waals surface area (Å²) < 4.78 is 15.7. The third-order valence-electron chi connectivity index (χ3n) is 6.78. The van der Waals surface area contributed by atoms with E-state index in [1.165, 1.54) is 16.5 Å². The van der Waals surface area contributed by atoms with E-state index in [0.717, 1.165) is 38.0 Å². The normalized spacial score (nSPS) is 18.8. The fourth-order valence-electron chi connectivity index (χ4n) is 4.95. The average molecular weight is 440 g/mol. The van der Waals surface area contributed by atoms with Crippen molar-refractivity contribution < 1.29 is 9.18 Å². The monoisotopic (exact) mass is 439 g/mol. The van der Waals surface area contributed by atoms with Crippen molar-refractivity contribution in [3.63, 3.8) is 0 Å². The van der Waals surface area contributed by atoms with Gasteiger partial charge in [-0.25, -0.2) is 4.39 Å². The molecule has 0 N–H and O–H groups in total. The van der Waals surface area contributed by atoms with Crippen LogP contribution in [-0.4, -0.2) is 34.6 Å². The number of alkyl halides is 1. The number of rotatable bonds is 4. The highest BCUT2D eigenvalue weighted by Gasteiger charge is 2.27. The standard InChI is InChI=1S/C28H26FN3O/c29-24-11-7-21(8-12-24)18-32-19-26(25-3-1-2-4-27(25)32)22-13-15-31(16-14-22)28(33)23-9-5-20(17-30)6-10-23/h1-11,19,22,24H,12-16,18H2. The van der Waals surface area contributed by atoms with E-state index in [1.807, 2.05) is 17.1 Å².